The van der Waals surface area contributed by atoms with Crippen molar-refractivity contribution in [2.75, 3.05) is 64.3 Å². The zero-order chi connectivity index (χ0) is 19.9. The number of nitrogens with zero attached hydrogens (tertiary/aromatic N) is 2. The van der Waals surface area contributed by atoms with Gasteiger partial charge in [0.25, 0.3) is 0 Å². The van der Waals surface area contributed by atoms with Crippen molar-refractivity contribution in [1.82, 2.24) is 9.80 Å². The quantitative estimate of drug-likeness (QED) is 0.779. The molecular weight excluding hydrogens is 378 g/mol. The zero-order valence-electron chi connectivity index (χ0n) is 17.0. The van der Waals surface area contributed by atoms with Crippen molar-refractivity contribution in [3.63, 3.8) is 0 Å². The van der Waals surface area contributed by atoms with E-state index in [1.165, 1.54) is 12.8 Å². The van der Waals surface area contributed by atoms with Crippen LogP contribution in [0.4, 0.5) is 10.5 Å². The highest BCUT2D eigenvalue weighted by Gasteiger charge is 2.29. The Labute approximate surface area is 171 Å². The number of anilines is 1. The third-order valence-corrected chi connectivity index (χ3v) is 6.48. The first-order valence-corrected chi connectivity index (χ1v) is 11.0. The van der Waals surface area contributed by atoms with Gasteiger partial charge in [0.1, 0.15) is 0 Å². The van der Waals surface area contributed by atoms with Gasteiger partial charge in [-0.2, -0.15) is 11.8 Å². The maximum atomic E-state index is 13.1. The summed E-state index contributed by atoms with van der Waals surface area (Å²) in [7, 11) is 4.71. The SMILES string of the molecule is COc1cc(NC(=O)N2CCCSCC2CN2CCCC2)cc(OC)c1OC. The maximum Gasteiger partial charge on any atom is 0.322 e. The second-order valence-electron chi connectivity index (χ2n) is 7.13. The molecule has 2 aliphatic heterocycles. The number of hydrogen-bond donors (Lipinski definition) is 1. The molecular formula is C20H31N3O4S. The van der Waals surface area contributed by atoms with E-state index in [1.807, 2.05) is 16.7 Å². The highest BCUT2D eigenvalue weighted by Crippen LogP contribution is 2.40. The van der Waals surface area contributed by atoms with Gasteiger partial charge >= 0.3 is 6.03 Å². The van der Waals surface area contributed by atoms with Crippen molar-refractivity contribution in [3.8, 4) is 17.2 Å². The van der Waals surface area contributed by atoms with Crippen LogP contribution in [0.5, 0.6) is 17.2 Å². The van der Waals surface area contributed by atoms with E-state index in [0.29, 0.717) is 22.9 Å². The molecule has 2 heterocycles. The molecule has 28 heavy (non-hydrogen) atoms. The summed E-state index contributed by atoms with van der Waals surface area (Å²) in [5, 5.41) is 3.04. The first kappa shape index (κ1) is 20.9. The minimum atomic E-state index is -0.0685. The van der Waals surface area contributed by atoms with E-state index in [4.69, 9.17) is 14.2 Å². The van der Waals surface area contributed by atoms with Crippen LogP contribution in [0.25, 0.3) is 0 Å². The van der Waals surface area contributed by atoms with Crippen LogP contribution in [-0.4, -0.2) is 80.9 Å². The summed E-state index contributed by atoms with van der Waals surface area (Å²) in [6, 6.07) is 3.69. The smallest absolute Gasteiger partial charge is 0.322 e. The van der Waals surface area contributed by atoms with Gasteiger partial charge in [-0.15, -0.1) is 0 Å². The van der Waals surface area contributed by atoms with Crippen LogP contribution in [-0.2, 0) is 0 Å². The zero-order valence-corrected chi connectivity index (χ0v) is 17.8. The number of urea groups is 1. The third-order valence-electron chi connectivity index (χ3n) is 5.28. The summed E-state index contributed by atoms with van der Waals surface area (Å²) in [6.07, 6.45) is 3.54. The predicted molar refractivity (Wildman–Crippen MR) is 113 cm³/mol. The predicted octanol–water partition coefficient (Wildman–Crippen LogP) is 3.15. The van der Waals surface area contributed by atoms with E-state index in [2.05, 4.69) is 10.2 Å². The normalized spacial score (nSPS) is 20.5. The van der Waals surface area contributed by atoms with Crippen LogP contribution in [0.15, 0.2) is 12.1 Å². The molecule has 156 valence electrons. The molecule has 0 bridgehead atoms. The Morgan fingerprint density at radius 2 is 1.75 bits per heavy atom. The van der Waals surface area contributed by atoms with Crippen LogP contribution in [0.3, 0.4) is 0 Å². The summed E-state index contributed by atoms with van der Waals surface area (Å²) >= 11 is 1.95. The molecule has 1 N–H and O–H groups in total. The number of amides is 2. The van der Waals surface area contributed by atoms with Crippen molar-refractivity contribution >= 4 is 23.5 Å². The van der Waals surface area contributed by atoms with Gasteiger partial charge < -0.3 is 29.3 Å². The summed E-state index contributed by atoms with van der Waals surface area (Å²) in [4.78, 5) is 17.6. The monoisotopic (exact) mass is 409 g/mol. The van der Waals surface area contributed by atoms with Crippen LogP contribution in [0, 0.1) is 0 Å². The lowest BCUT2D eigenvalue weighted by molar-refractivity contribution is 0.173. The van der Waals surface area contributed by atoms with Crippen molar-refractivity contribution in [1.29, 1.82) is 0 Å². The highest BCUT2D eigenvalue weighted by atomic mass is 32.2. The molecule has 0 aromatic heterocycles. The second-order valence-corrected chi connectivity index (χ2v) is 8.28. The molecule has 3 rings (SSSR count). The largest absolute Gasteiger partial charge is 0.493 e. The first-order valence-electron chi connectivity index (χ1n) is 9.84. The van der Waals surface area contributed by atoms with Gasteiger partial charge in [-0.05, 0) is 38.1 Å². The molecule has 2 amide bonds. The number of hydrogen-bond acceptors (Lipinski definition) is 6. The highest BCUT2D eigenvalue weighted by molar-refractivity contribution is 7.99. The number of carbonyl (C=O) groups excluding carboxylic acids is 1. The summed E-state index contributed by atoms with van der Waals surface area (Å²) < 4.78 is 16.2. The maximum absolute atomic E-state index is 13.1. The van der Waals surface area contributed by atoms with Gasteiger partial charge in [-0.25, -0.2) is 4.79 Å². The van der Waals surface area contributed by atoms with E-state index in [9.17, 15) is 4.79 Å². The van der Waals surface area contributed by atoms with Crippen molar-refractivity contribution in [2.45, 2.75) is 25.3 Å². The molecule has 1 atom stereocenters. The van der Waals surface area contributed by atoms with Gasteiger partial charge in [-0.3, -0.25) is 0 Å². The lowest BCUT2D eigenvalue weighted by atomic mass is 10.2. The fraction of sp³-hybridized carbons (Fsp3) is 0.650. The molecule has 2 fully saturated rings. The Balaban J connectivity index is 1.75. The summed E-state index contributed by atoms with van der Waals surface area (Å²) in [5.74, 6) is 3.65. The molecule has 7 nitrogen and oxygen atoms in total. The van der Waals surface area contributed by atoms with E-state index < -0.39 is 0 Å². The van der Waals surface area contributed by atoms with Gasteiger partial charge in [-0.1, -0.05) is 0 Å². The fourth-order valence-corrected chi connectivity index (χ4v) is 4.92. The average molecular weight is 410 g/mol. The lowest BCUT2D eigenvalue weighted by Gasteiger charge is -2.32. The first-order chi connectivity index (χ1) is 13.7. The minimum Gasteiger partial charge on any atom is -0.493 e. The molecule has 0 saturated carbocycles. The Kier molecular flexibility index (Phi) is 7.56. The Morgan fingerprint density at radius 3 is 2.36 bits per heavy atom. The van der Waals surface area contributed by atoms with E-state index >= 15 is 0 Å². The van der Waals surface area contributed by atoms with Crippen molar-refractivity contribution < 1.29 is 19.0 Å². The van der Waals surface area contributed by atoms with Gasteiger partial charge in [0.15, 0.2) is 11.5 Å². The Hall–Kier alpha value is -1.80. The molecule has 2 aliphatic rings. The number of benzene rings is 1. The van der Waals surface area contributed by atoms with Crippen LogP contribution < -0.4 is 19.5 Å². The number of likely N-dealkylation sites (tertiary alicyclic amines) is 1. The van der Waals surface area contributed by atoms with E-state index in [1.54, 1.807) is 33.5 Å². The van der Waals surface area contributed by atoms with Gasteiger partial charge in [0.2, 0.25) is 5.75 Å². The molecule has 1 unspecified atom stereocenters. The number of ether oxygens (including phenoxy) is 3. The number of carbonyl (C=O) groups is 1. The molecule has 2 saturated heterocycles. The van der Waals surface area contributed by atoms with Crippen LogP contribution in [0.2, 0.25) is 0 Å². The van der Waals surface area contributed by atoms with Crippen LogP contribution >= 0.6 is 11.8 Å². The molecule has 1 aromatic carbocycles. The summed E-state index contributed by atoms with van der Waals surface area (Å²) in [5.41, 5.74) is 0.635. The minimum absolute atomic E-state index is 0.0685. The van der Waals surface area contributed by atoms with E-state index in [-0.39, 0.29) is 12.1 Å². The third kappa shape index (κ3) is 4.97. The second kappa shape index (κ2) is 10.1. The van der Waals surface area contributed by atoms with Crippen LogP contribution in [0.1, 0.15) is 19.3 Å². The lowest BCUT2D eigenvalue weighted by Crippen LogP contribution is -2.49. The topological polar surface area (TPSA) is 63.3 Å². The van der Waals surface area contributed by atoms with Gasteiger partial charge in [0.05, 0.1) is 33.1 Å². The molecule has 0 radical (unpaired) electrons. The van der Waals surface area contributed by atoms with Gasteiger partial charge in [0, 0.05) is 31.0 Å². The van der Waals surface area contributed by atoms with E-state index in [0.717, 1.165) is 44.1 Å². The number of rotatable bonds is 6. The summed E-state index contributed by atoms with van der Waals surface area (Å²) in [6.45, 7) is 4.02. The standard InChI is InChI=1S/C20H31N3O4S/c1-25-17-11-15(12-18(26-2)19(17)27-3)21-20(24)23-9-6-10-28-14-16(23)13-22-7-4-5-8-22/h11-12,16H,4-10,13-14H2,1-3H3,(H,21,24). The Morgan fingerprint density at radius 1 is 1.07 bits per heavy atom. The molecule has 0 spiro atoms. The molecule has 8 heteroatoms. The Bertz CT molecular complexity index is 642. The number of nitrogens with one attached hydrogen (secondary N) is 1. The average Bonchev–Trinajstić information content (AvgIpc) is 3.11. The molecule has 0 aliphatic carbocycles. The molecule has 1 aromatic rings. The number of thioether (sulfide) groups is 1. The number of methoxy groups -OCH3 is 3. The van der Waals surface area contributed by atoms with Crippen molar-refractivity contribution in [3.05, 3.63) is 12.1 Å². The fourth-order valence-electron chi connectivity index (χ4n) is 3.86. The van der Waals surface area contributed by atoms with Crippen molar-refractivity contribution in [2.24, 2.45) is 0 Å².